The molecule has 1 amide bonds. The SMILES string of the molecule is O=C1C[C@@H](C(=O)O)c2c(nc(Nc3ccccc3)[nH]c2=O)N1. The summed E-state index contributed by atoms with van der Waals surface area (Å²) in [6.45, 7) is 0. The van der Waals surface area contributed by atoms with Crippen molar-refractivity contribution in [2.45, 2.75) is 12.3 Å². The van der Waals surface area contributed by atoms with Crippen molar-refractivity contribution in [1.29, 1.82) is 0 Å². The molecule has 0 spiro atoms. The molecule has 0 radical (unpaired) electrons. The van der Waals surface area contributed by atoms with Gasteiger partial charge in [-0.25, -0.2) is 0 Å². The number of H-pyrrole nitrogens is 1. The topological polar surface area (TPSA) is 124 Å². The van der Waals surface area contributed by atoms with Crippen LogP contribution in [-0.4, -0.2) is 27.0 Å². The number of carbonyl (C=O) groups excluding carboxylic acids is 1. The van der Waals surface area contributed by atoms with E-state index in [1.165, 1.54) is 0 Å². The van der Waals surface area contributed by atoms with Crippen LogP contribution in [0.4, 0.5) is 17.5 Å². The summed E-state index contributed by atoms with van der Waals surface area (Å²) >= 11 is 0. The number of carboxylic acids is 1. The van der Waals surface area contributed by atoms with Crippen LogP contribution >= 0.6 is 0 Å². The van der Waals surface area contributed by atoms with Gasteiger partial charge in [-0.15, -0.1) is 0 Å². The zero-order chi connectivity index (χ0) is 15.7. The van der Waals surface area contributed by atoms with Crippen molar-refractivity contribution in [2.75, 3.05) is 10.6 Å². The minimum Gasteiger partial charge on any atom is -0.481 e. The lowest BCUT2D eigenvalue weighted by Crippen LogP contribution is -2.34. The van der Waals surface area contributed by atoms with E-state index in [2.05, 4.69) is 20.6 Å². The van der Waals surface area contributed by atoms with Gasteiger partial charge in [-0.1, -0.05) is 18.2 Å². The third kappa shape index (κ3) is 2.53. The van der Waals surface area contributed by atoms with Crippen LogP contribution in [0, 0.1) is 0 Å². The van der Waals surface area contributed by atoms with Crippen LogP contribution in [0.5, 0.6) is 0 Å². The average molecular weight is 300 g/mol. The molecule has 1 aliphatic rings. The van der Waals surface area contributed by atoms with E-state index in [0.717, 1.165) is 0 Å². The molecule has 8 nitrogen and oxygen atoms in total. The minimum atomic E-state index is -1.23. The number of rotatable bonds is 3. The van der Waals surface area contributed by atoms with E-state index in [9.17, 15) is 14.4 Å². The molecule has 1 aliphatic heterocycles. The largest absolute Gasteiger partial charge is 0.481 e. The summed E-state index contributed by atoms with van der Waals surface area (Å²) in [4.78, 5) is 41.5. The molecule has 4 N–H and O–H groups in total. The molecular formula is C14H12N4O4. The first kappa shape index (κ1) is 13.8. The second kappa shape index (κ2) is 5.32. The number of anilines is 3. The summed E-state index contributed by atoms with van der Waals surface area (Å²) < 4.78 is 0. The Morgan fingerprint density at radius 1 is 1.27 bits per heavy atom. The van der Waals surface area contributed by atoms with Crippen LogP contribution in [0.25, 0.3) is 0 Å². The third-order valence-corrected chi connectivity index (χ3v) is 3.29. The molecule has 0 bridgehead atoms. The maximum atomic E-state index is 12.1. The second-order valence-corrected chi connectivity index (χ2v) is 4.81. The lowest BCUT2D eigenvalue weighted by Gasteiger charge is -2.21. The number of hydrogen-bond acceptors (Lipinski definition) is 5. The van der Waals surface area contributed by atoms with Crippen LogP contribution in [0.15, 0.2) is 35.1 Å². The first-order valence-corrected chi connectivity index (χ1v) is 6.53. The normalized spacial score (nSPS) is 16.5. The summed E-state index contributed by atoms with van der Waals surface area (Å²) in [5.41, 5.74) is 0.0732. The predicted molar refractivity (Wildman–Crippen MR) is 78.2 cm³/mol. The molecule has 0 aliphatic carbocycles. The van der Waals surface area contributed by atoms with Crippen LogP contribution in [0.2, 0.25) is 0 Å². The number of benzene rings is 1. The number of aromatic amines is 1. The summed E-state index contributed by atoms with van der Waals surface area (Å²) in [5, 5.41) is 14.5. The van der Waals surface area contributed by atoms with Gasteiger partial charge in [0.2, 0.25) is 11.9 Å². The number of aliphatic carboxylic acids is 1. The fourth-order valence-electron chi connectivity index (χ4n) is 2.30. The molecule has 1 aromatic carbocycles. The van der Waals surface area contributed by atoms with E-state index < -0.39 is 23.4 Å². The van der Waals surface area contributed by atoms with Gasteiger partial charge < -0.3 is 15.7 Å². The van der Waals surface area contributed by atoms with E-state index in [1.807, 2.05) is 6.07 Å². The van der Waals surface area contributed by atoms with Crippen molar-refractivity contribution in [3.05, 3.63) is 46.2 Å². The number of amides is 1. The molecule has 2 heterocycles. The monoisotopic (exact) mass is 300 g/mol. The zero-order valence-electron chi connectivity index (χ0n) is 11.3. The van der Waals surface area contributed by atoms with E-state index >= 15 is 0 Å². The molecule has 1 atom stereocenters. The van der Waals surface area contributed by atoms with E-state index in [1.54, 1.807) is 24.3 Å². The molecule has 3 rings (SSSR count). The molecule has 0 unspecified atom stereocenters. The van der Waals surface area contributed by atoms with Gasteiger partial charge in [0, 0.05) is 12.1 Å². The van der Waals surface area contributed by atoms with E-state index in [0.29, 0.717) is 5.69 Å². The maximum absolute atomic E-state index is 12.1. The number of para-hydroxylation sites is 1. The Morgan fingerprint density at radius 3 is 2.68 bits per heavy atom. The minimum absolute atomic E-state index is 0.0224. The molecule has 2 aromatic rings. The number of carboxylic acid groups (broad SMARTS) is 1. The van der Waals surface area contributed by atoms with Crippen LogP contribution < -0.4 is 16.2 Å². The number of nitrogens with one attached hydrogen (secondary N) is 3. The highest BCUT2D eigenvalue weighted by Crippen LogP contribution is 2.28. The van der Waals surface area contributed by atoms with E-state index in [-0.39, 0.29) is 23.8 Å². The number of carbonyl (C=O) groups is 2. The first-order chi connectivity index (χ1) is 10.5. The summed E-state index contributed by atoms with van der Waals surface area (Å²) in [7, 11) is 0. The highest BCUT2D eigenvalue weighted by atomic mass is 16.4. The summed E-state index contributed by atoms with van der Waals surface area (Å²) in [5.74, 6) is -2.80. The maximum Gasteiger partial charge on any atom is 0.311 e. The van der Waals surface area contributed by atoms with Crippen molar-refractivity contribution in [2.24, 2.45) is 0 Å². The van der Waals surface area contributed by atoms with Crippen LogP contribution in [-0.2, 0) is 9.59 Å². The Hall–Kier alpha value is -3.16. The standard InChI is InChI=1S/C14H12N4O4/c19-9-6-8(13(21)22)10-11(16-9)17-14(18-12(10)20)15-7-4-2-1-3-5-7/h1-5,8H,6H2,(H,21,22)(H3,15,16,17,18,19,20)/t8-/m1/s1. The van der Waals surface area contributed by atoms with Gasteiger partial charge in [-0.05, 0) is 12.1 Å². The molecule has 1 aromatic heterocycles. The quantitative estimate of drug-likeness (QED) is 0.671. The Kier molecular flexibility index (Phi) is 3.34. The van der Waals surface area contributed by atoms with Gasteiger partial charge in [-0.3, -0.25) is 19.4 Å². The third-order valence-electron chi connectivity index (χ3n) is 3.29. The van der Waals surface area contributed by atoms with E-state index in [4.69, 9.17) is 5.11 Å². The lowest BCUT2D eigenvalue weighted by molar-refractivity contribution is -0.140. The van der Waals surface area contributed by atoms with Gasteiger partial charge >= 0.3 is 5.97 Å². The Balaban J connectivity index is 2.02. The zero-order valence-corrected chi connectivity index (χ0v) is 11.3. The van der Waals surface area contributed by atoms with Crippen molar-refractivity contribution in [3.8, 4) is 0 Å². The van der Waals surface area contributed by atoms with Gasteiger partial charge in [-0.2, -0.15) is 4.98 Å². The average Bonchev–Trinajstić information content (AvgIpc) is 2.46. The van der Waals surface area contributed by atoms with Gasteiger partial charge in [0.1, 0.15) is 5.82 Å². The second-order valence-electron chi connectivity index (χ2n) is 4.81. The molecule has 112 valence electrons. The van der Waals surface area contributed by atoms with Crippen LogP contribution in [0.3, 0.4) is 0 Å². The summed E-state index contributed by atoms with van der Waals surface area (Å²) in [6.07, 6.45) is -0.279. The molecular weight excluding hydrogens is 288 g/mol. The Labute approximate surface area is 124 Å². The predicted octanol–water partition coefficient (Wildman–Crippen LogP) is 1.02. The smallest absolute Gasteiger partial charge is 0.311 e. The highest BCUT2D eigenvalue weighted by molar-refractivity contribution is 5.98. The van der Waals surface area contributed by atoms with Crippen molar-refractivity contribution < 1.29 is 14.7 Å². The fourth-order valence-corrected chi connectivity index (χ4v) is 2.30. The number of fused-ring (bicyclic) bond motifs is 1. The summed E-state index contributed by atoms with van der Waals surface area (Å²) in [6, 6.07) is 9.00. The Morgan fingerprint density at radius 2 is 2.00 bits per heavy atom. The molecule has 8 heteroatoms. The van der Waals surface area contributed by atoms with Crippen LogP contribution in [0.1, 0.15) is 17.9 Å². The van der Waals surface area contributed by atoms with Crippen molar-refractivity contribution in [3.63, 3.8) is 0 Å². The van der Waals surface area contributed by atoms with Gasteiger partial charge in [0.25, 0.3) is 5.56 Å². The highest BCUT2D eigenvalue weighted by Gasteiger charge is 2.34. The lowest BCUT2D eigenvalue weighted by atomic mass is 9.94. The van der Waals surface area contributed by atoms with Crippen molar-refractivity contribution >= 4 is 29.3 Å². The van der Waals surface area contributed by atoms with Crippen molar-refractivity contribution in [1.82, 2.24) is 9.97 Å². The Bertz CT molecular complexity index is 800. The molecule has 0 fully saturated rings. The fraction of sp³-hybridized carbons (Fsp3) is 0.143. The molecule has 0 saturated heterocycles. The van der Waals surface area contributed by atoms with Gasteiger partial charge in [0.15, 0.2) is 0 Å². The molecule has 0 saturated carbocycles. The molecule has 22 heavy (non-hydrogen) atoms. The number of hydrogen-bond donors (Lipinski definition) is 4. The first-order valence-electron chi connectivity index (χ1n) is 6.53. The number of aromatic nitrogens is 2. The van der Waals surface area contributed by atoms with Gasteiger partial charge in [0.05, 0.1) is 11.5 Å². The number of nitrogens with zero attached hydrogens (tertiary/aromatic N) is 1.